The molecule has 1 heterocycles. The molecule has 0 aliphatic rings. The first-order chi connectivity index (χ1) is 13.1. The minimum absolute atomic E-state index is 0.108. The molecular formula is C22H26N2O3. The van der Waals surface area contributed by atoms with Crippen LogP contribution in [-0.4, -0.2) is 30.1 Å². The van der Waals surface area contributed by atoms with Crippen molar-refractivity contribution in [2.45, 2.75) is 39.2 Å². The van der Waals surface area contributed by atoms with Crippen LogP contribution in [0.25, 0.3) is 11.1 Å². The Kier molecular flexibility index (Phi) is 6.60. The van der Waals surface area contributed by atoms with E-state index in [2.05, 4.69) is 22.4 Å². The van der Waals surface area contributed by atoms with E-state index in [9.17, 15) is 4.79 Å². The largest absolute Gasteiger partial charge is 0.441 e. The molecule has 0 aliphatic heterocycles. The number of carbonyl (C=O) groups is 1. The van der Waals surface area contributed by atoms with Crippen LogP contribution >= 0.6 is 0 Å². The van der Waals surface area contributed by atoms with Crippen molar-refractivity contribution in [2.75, 3.05) is 13.2 Å². The van der Waals surface area contributed by atoms with E-state index in [1.165, 1.54) is 5.56 Å². The summed E-state index contributed by atoms with van der Waals surface area (Å²) in [5.41, 5.74) is 3.26. The summed E-state index contributed by atoms with van der Waals surface area (Å²) in [5, 5.41) is 2.91. The second-order valence-electron chi connectivity index (χ2n) is 6.80. The lowest BCUT2D eigenvalue weighted by Crippen LogP contribution is -2.25. The Morgan fingerprint density at radius 3 is 2.74 bits per heavy atom. The highest BCUT2D eigenvalue weighted by Gasteiger charge is 2.11. The predicted molar refractivity (Wildman–Crippen MR) is 106 cm³/mol. The molecule has 142 valence electrons. The average Bonchev–Trinajstić information content (AvgIpc) is 3.08. The van der Waals surface area contributed by atoms with Crippen molar-refractivity contribution in [1.29, 1.82) is 0 Å². The van der Waals surface area contributed by atoms with Gasteiger partial charge in [-0.15, -0.1) is 0 Å². The summed E-state index contributed by atoms with van der Waals surface area (Å²) in [5.74, 6) is 0.584. The molecule has 3 rings (SSSR count). The number of oxazole rings is 1. The number of ether oxygens (including phenoxy) is 1. The van der Waals surface area contributed by atoms with E-state index >= 15 is 0 Å². The van der Waals surface area contributed by atoms with E-state index in [1.54, 1.807) is 12.1 Å². The zero-order chi connectivity index (χ0) is 19.1. The highest BCUT2D eigenvalue weighted by molar-refractivity contribution is 5.96. The molecule has 1 N–H and O–H groups in total. The van der Waals surface area contributed by atoms with Gasteiger partial charge in [0, 0.05) is 25.1 Å². The van der Waals surface area contributed by atoms with Gasteiger partial charge in [-0.3, -0.25) is 4.79 Å². The van der Waals surface area contributed by atoms with Crippen LogP contribution in [0.15, 0.2) is 52.9 Å². The zero-order valence-electron chi connectivity index (χ0n) is 15.9. The normalized spacial score (nSPS) is 11.2. The maximum absolute atomic E-state index is 12.3. The average molecular weight is 366 g/mol. The van der Waals surface area contributed by atoms with Crippen molar-refractivity contribution in [3.63, 3.8) is 0 Å². The second-order valence-corrected chi connectivity index (χ2v) is 6.80. The SMILES string of the molecule is CC(C)OCCCNC(=O)c1ccc2nc(CCc3ccccc3)oc2c1. The fourth-order valence-corrected chi connectivity index (χ4v) is 2.81. The number of nitrogens with zero attached hydrogens (tertiary/aromatic N) is 1. The summed E-state index contributed by atoms with van der Waals surface area (Å²) < 4.78 is 11.3. The first kappa shape index (κ1) is 19.1. The quantitative estimate of drug-likeness (QED) is 0.578. The van der Waals surface area contributed by atoms with Crippen LogP contribution in [0, 0.1) is 0 Å². The van der Waals surface area contributed by atoms with E-state index in [-0.39, 0.29) is 12.0 Å². The Morgan fingerprint density at radius 2 is 1.96 bits per heavy atom. The summed E-state index contributed by atoms with van der Waals surface area (Å²) in [7, 11) is 0. The molecule has 1 aromatic heterocycles. The molecule has 0 saturated heterocycles. The molecule has 0 atom stereocenters. The Balaban J connectivity index is 1.56. The van der Waals surface area contributed by atoms with Gasteiger partial charge >= 0.3 is 0 Å². The number of amides is 1. The molecule has 2 aromatic carbocycles. The van der Waals surface area contributed by atoms with Crippen LogP contribution in [0.2, 0.25) is 0 Å². The first-order valence-corrected chi connectivity index (χ1v) is 9.45. The number of aryl methyl sites for hydroxylation is 2. The standard InChI is InChI=1S/C22H26N2O3/c1-16(2)26-14-6-13-23-22(25)18-10-11-19-20(15-18)27-21(24-19)12-9-17-7-4-3-5-8-17/h3-5,7-8,10-11,15-16H,6,9,12-14H2,1-2H3,(H,23,25). The van der Waals surface area contributed by atoms with Crippen molar-refractivity contribution < 1.29 is 13.9 Å². The van der Waals surface area contributed by atoms with Gasteiger partial charge < -0.3 is 14.5 Å². The number of aromatic nitrogens is 1. The molecule has 3 aromatic rings. The lowest BCUT2D eigenvalue weighted by molar-refractivity contribution is 0.0757. The smallest absolute Gasteiger partial charge is 0.251 e. The second kappa shape index (κ2) is 9.33. The van der Waals surface area contributed by atoms with E-state index in [0.717, 1.165) is 24.8 Å². The summed E-state index contributed by atoms with van der Waals surface area (Å²) >= 11 is 0. The number of fused-ring (bicyclic) bond motifs is 1. The monoisotopic (exact) mass is 366 g/mol. The van der Waals surface area contributed by atoms with Gasteiger partial charge in [0.1, 0.15) is 5.52 Å². The van der Waals surface area contributed by atoms with Gasteiger partial charge in [0.05, 0.1) is 6.10 Å². The summed E-state index contributed by atoms with van der Waals surface area (Å²) in [4.78, 5) is 16.8. The minimum atomic E-state index is -0.108. The van der Waals surface area contributed by atoms with Crippen molar-refractivity contribution in [1.82, 2.24) is 10.3 Å². The third-order valence-corrected chi connectivity index (χ3v) is 4.22. The van der Waals surface area contributed by atoms with Gasteiger partial charge in [0.25, 0.3) is 5.91 Å². The molecule has 27 heavy (non-hydrogen) atoms. The van der Waals surface area contributed by atoms with Crippen LogP contribution in [0.5, 0.6) is 0 Å². The van der Waals surface area contributed by atoms with E-state index < -0.39 is 0 Å². The Bertz CT molecular complexity index is 872. The molecule has 0 radical (unpaired) electrons. The molecule has 0 unspecified atom stereocenters. The number of nitrogens with one attached hydrogen (secondary N) is 1. The van der Waals surface area contributed by atoms with Gasteiger partial charge in [0.2, 0.25) is 0 Å². The lowest BCUT2D eigenvalue weighted by Gasteiger charge is -2.08. The third kappa shape index (κ3) is 5.66. The van der Waals surface area contributed by atoms with Crippen LogP contribution in [-0.2, 0) is 17.6 Å². The molecule has 0 spiro atoms. The Morgan fingerprint density at radius 1 is 1.15 bits per heavy atom. The summed E-state index contributed by atoms with van der Waals surface area (Å²) in [6, 6.07) is 15.6. The van der Waals surface area contributed by atoms with Crippen molar-refractivity contribution >= 4 is 17.0 Å². The highest BCUT2D eigenvalue weighted by Crippen LogP contribution is 2.18. The molecule has 0 bridgehead atoms. The Labute approximate surface area is 159 Å². The van der Waals surface area contributed by atoms with Crippen LogP contribution in [0.1, 0.15) is 42.1 Å². The summed E-state index contributed by atoms with van der Waals surface area (Å²) in [6.45, 7) is 5.23. The van der Waals surface area contributed by atoms with E-state index in [0.29, 0.717) is 30.2 Å². The predicted octanol–water partition coefficient (Wildman–Crippen LogP) is 4.16. The number of hydrogen-bond acceptors (Lipinski definition) is 4. The zero-order valence-corrected chi connectivity index (χ0v) is 15.9. The van der Waals surface area contributed by atoms with Crippen molar-refractivity contribution in [3.8, 4) is 0 Å². The van der Waals surface area contributed by atoms with Gasteiger partial charge in [-0.2, -0.15) is 0 Å². The van der Waals surface area contributed by atoms with E-state index in [4.69, 9.17) is 9.15 Å². The molecule has 0 saturated carbocycles. The fourth-order valence-electron chi connectivity index (χ4n) is 2.81. The first-order valence-electron chi connectivity index (χ1n) is 9.45. The highest BCUT2D eigenvalue weighted by atomic mass is 16.5. The molecular weight excluding hydrogens is 340 g/mol. The Hall–Kier alpha value is -2.66. The number of hydrogen-bond donors (Lipinski definition) is 1. The maximum atomic E-state index is 12.3. The van der Waals surface area contributed by atoms with Crippen LogP contribution in [0.3, 0.4) is 0 Å². The fraction of sp³-hybridized carbons (Fsp3) is 0.364. The topological polar surface area (TPSA) is 64.4 Å². The molecule has 5 nitrogen and oxygen atoms in total. The lowest BCUT2D eigenvalue weighted by atomic mass is 10.1. The summed E-state index contributed by atoms with van der Waals surface area (Å²) in [6.07, 6.45) is 2.61. The van der Waals surface area contributed by atoms with Gasteiger partial charge in [-0.05, 0) is 50.5 Å². The molecule has 0 aliphatic carbocycles. The van der Waals surface area contributed by atoms with Crippen LogP contribution in [0.4, 0.5) is 0 Å². The number of rotatable bonds is 9. The molecule has 0 fully saturated rings. The molecule has 1 amide bonds. The van der Waals surface area contributed by atoms with Gasteiger partial charge in [-0.25, -0.2) is 4.98 Å². The van der Waals surface area contributed by atoms with E-state index in [1.807, 2.05) is 38.1 Å². The van der Waals surface area contributed by atoms with Gasteiger partial charge in [-0.1, -0.05) is 30.3 Å². The minimum Gasteiger partial charge on any atom is -0.441 e. The van der Waals surface area contributed by atoms with Crippen molar-refractivity contribution in [2.24, 2.45) is 0 Å². The third-order valence-electron chi connectivity index (χ3n) is 4.22. The maximum Gasteiger partial charge on any atom is 0.251 e. The van der Waals surface area contributed by atoms with Gasteiger partial charge in [0.15, 0.2) is 11.5 Å². The van der Waals surface area contributed by atoms with Crippen molar-refractivity contribution in [3.05, 3.63) is 65.5 Å². The molecule has 5 heteroatoms. The number of carbonyl (C=O) groups excluding carboxylic acids is 1. The number of benzene rings is 2. The van der Waals surface area contributed by atoms with Crippen LogP contribution < -0.4 is 5.32 Å².